The number of rotatable bonds is 6. The molecule has 116 valence electrons. The van der Waals surface area contributed by atoms with Gasteiger partial charge in [0.25, 0.3) is 0 Å². The molecule has 0 bridgehead atoms. The van der Waals surface area contributed by atoms with Crippen molar-refractivity contribution in [1.82, 2.24) is 19.3 Å². The van der Waals surface area contributed by atoms with Crippen molar-refractivity contribution in [2.24, 2.45) is 13.0 Å². The molecule has 1 aliphatic carbocycles. The molecule has 0 radical (unpaired) electrons. The largest absolute Gasteiger partial charge is 0.328 e. The molecular formula is C16H26N4S. The van der Waals surface area contributed by atoms with E-state index < -0.39 is 0 Å². The van der Waals surface area contributed by atoms with Crippen LogP contribution in [0.5, 0.6) is 0 Å². The summed E-state index contributed by atoms with van der Waals surface area (Å²) in [5.41, 5.74) is 3.45. The Morgan fingerprint density at radius 1 is 1.33 bits per heavy atom. The van der Waals surface area contributed by atoms with Crippen LogP contribution < -0.4 is 0 Å². The van der Waals surface area contributed by atoms with Crippen molar-refractivity contribution in [3.8, 4) is 0 Å². The Morgan fingerprint density at radius 3 is 2.81 bits per heavy atom. The van der Waals surface area contributed by atoms with Gasteiger partial charge >= 0.3 is 0 Å². The predicted octanol–water partition coefficient (Wildman–Crippen LogP) is 4.36. The SMILES string of the molecule is CCCc1nn(C)c2c1[nH]c(=S)n2CCCC1CCCC1. The Kier molecular flexibility index (Phi) is 4.48. The molecule has 0 saturated heterocycles. The van der Waals surface area contributed by atoms with Crippen molar-refractivity contribution in [1.29, 1.82) is 0 Å². The number of fused-ring (bicyclic) bond motifs is 1. The fraction of sp³-hybridized carbons (Fsp3) is 0.750. The van der Waals surface area contributed by atoms with Crippen LogP contribution in [0.15, 0.2) is 0 Å². The molecule has 5 heteroatoms. The van der Waals surface area contributed by atoms with Crippen molar-refractivity contribution in [2.75, 3.05) is 0 Å². The third-order valence-corrected chi connectivity index (χ3v) is 5.10. The van der Waals surface area contributed by atoms with E-state index in [1.165, 1.54) is 38.5 Å². The van der Waals surface area contributed by atoms with E-state index in [0.29, 0.717) is 0 Å². The molecule has 1 fully saturated rings. The Bertz CT molecular complexity index is 658. The minimum atomic E-state index is 0.849. The van der Waals surface area contributed by atoms with Crippen molar-refractivity contribution in [3.05, 3.63) is 10.5 Å². The first-order valence-electron chi connectivity index (χ1n) is 8.35. The molecule has 4 nitrogen and oxygen atoms in total. The molecule has 1 aliphatic rings. The first-order chi connectivity index (χ1) is 10.2. The maximum Gasteiger partial charge on any atom is 0.179 e. The van der Waals surface area contributed by atoms with Crippen molar-refractivity contribution in [3.63, 3.8) is 0 Å². The molecule has 0 aromatic carbocycles. The third kappa shape index (κ3) is 2.93. The van der Waals surface area contributed by atoms with Crippen LogP contribution in [0, 0.1) is 10.7 Å². The van der Waals surface area contributed by atoms with Crippen LogP contribution in [0.1, 0.15) is 57.6 Å². The fourth-order valence-electron chi connectivity index (χ4n) is 3.73. The summed E-state index contributed by atoms with van der Waals surface area (Å²) in [6.07, 6.45) is 10.4. The summed E-state index contributed by atoms with van der Waals surface area (Å²) < 4.78 is 5.08. The van der Waals surface area contributed by atoms with E-state index in [1.807, 2.05) is 11.7 Å². The minimum absolute atomic E-state index is 0.849. The molecule has 3 rings (SSSR count). The predicted molar refractivity (Wildman–Crippen MR) is 89.1 cm³/mol. The molecular weight excluding hydrogens is 280 g/mol. The van der Waals surface area contributed by atoms with Crippen LogP contribution in [0.4, 0.5) is 0 Å². The summed E-state index contributed by atoms with van der Waals surface area (Å²) in [5.74, 6) is 0.954. The zero-order chi connectivity index (χ0) is 14.8. The van der Waals surface area contributed by atoms with Gasteiger partial charge < -0.3 is 9.55 Å². The lowest BCUT2D eigenvalue weighted by molar-refractivity contribution is 0.458. The van der Waals surface area contributed by atoms with Crippen LogP contribution in [0.25, 0.3) is 11.2 Å². The fourth-order valence-corrected chi connectivity index (χ4v) is 4.01. The zero-order valence-corrected chi connectivity index (χ0v) is 14.0. The van der Waals surface area contributed by atoms with Gasteiger partial charge in [-0.25, -0.2) is 0 Å². The normalized spacial score (nSPS) is 16.3. The first kappa shape index (κ1) is 14.8. The van der Waals surface area contributed by atoms with Gasteiger partial charge in [0, 0.05) is 13.6 Å². The van der Waals surface area contributed by atoms with Crippen molar-refractivity contribution >= 4 is 23.4 Å². The van der Waals surface area contributed by atoms with Gasteiger partial charge in [-0.05, 0) is 37.4 Å². The second-order valence-corrected chi connectivity index (χ2v) is 6.78. The standard InChI is InChI=1S/C16H26N4S/c1-3-7-13-14-15(19(2)18-13)20(16(21)17-14)11-6-10-12-8-4-5-9-12/h12H,3-11H2,1-2H3,(H,17,21). The van der Waals surface area contributed by atoms with E-state index in [2.05, 4.69) is 21.6 Å². The van der Waals surface area contributed by atoms with E-state index >= 15 is 0 Å². The Balaban J connectivity index is 1.77. The summed E-state index contributed by atoms with van der Waals surface area (Å²) in [5, 5.41) is 4.65. The van der Waals surface area contributed by atoms with Gasteiger partial charge in [-0.15, -0.1) is 0 Å². The van der Waals surface area contributed by atoms with E-state index in [4.69, 9.17) is 12.2 Å². The molecule has 21 heavy (non-hydrogen) atoms. The second-order valence-electron chi connectivity index (χ2n) is 6.39. The maximum absolute atomic E-state index is 5.52. The number of aryl methyl sites for hydroxylation is 3. The average Bonchev–Trinajstić information content (AvgIpc) is 3.13. The minimum Gasteiger partial charge on any atom is -0.328 e. The van der Waals surface area contributed by atoms with Crippen LogP contribution in [0.3, 0.4) is 0 Å². The molecule has 2 aromatic rings. The number of hydrogen-bond donors (Lipinski definition) is 1. The third-order valence-electron chi connectivity index (χ3n) is 4.78. The van der Waals surface area contributed by atoms with Crippen molar-refractivity contribution < 1.29 is 0 Å². The smallest absolute Gasteiger partial charge is 0.179 e. The highest BCUT2D eigenvalue weighted by Crippen LogP contribution is 2.29. The average molecular weight is 306 g/mol. The number of H-pyrrole nitrogens is 1. The molecule has 0 spiro atoms. The first-order valence-corrected chi connectivity index (χ1v) is 8.76. The van der Waals surface area contributed by atoms with Gasteiger partial charge in [-0.3, -0.25) is 4.68 Å². The van der Waals surface area contributed by atoms with Crippen LogP contribution in [-0.2, 0) is 20.0 Å². The van der Waals surface area contributed by atoms with E-state index in [-0.39, 0.29) is 0 Å². The molecule has 0 amide bonds. The van der Waals surface area contributed by atoms with Gasteiger partial charge in [-0.2, -0.15) is 5.10 Å². The highest BCUT2D eigenvalue weighted by Gasteiger charge is 2.17. The highest BCUT2D eigenvalue weighted by molar-refractivity contribution is 7.71. The molecule has 2 heterocycles. The molecule has 1 saturated carbocycles. The number of nitrogens with zero attached hydrogens (tertiary/aromatic N) is 3. The zero-order valence-electron chi connectivity index (χ0n) is 13.2. The van der Waals surface area contributed by atoms with Crippen molar-refractivity contribution in [2.45, 2.75) is 64.8 Å². The molecule has 0 atom stereocenters. The van der Waals surface area contributed by atoms with Crippen LogP contribution in [-0.4, -0.2) is 19.3 Å². The summed E-state index contributed by atoms with van der Waals surface area (Å²) >= 11 is 5.52. The number of imidazole rings is 1. The highest BCUT2D eigenvalue weighted by atomic mass is 32.1. The quantitative estimate of drug-likeness (QED) is 0.806. The Labute approximate surface area is 131 Å². The molecule has 0 aliphatic heterocycles. The molecule has 0 unspecified atom stereocenters. The van der Waals surface area contributed by atoms with E-state index in [9.17, 15) is 0 Å². The lowest BCUT2D eigenvalue weighted by atomic mass is 10.0. The van der Waals surface area contributed by atoms with Gasteiger partial charge in [-0.1, -0.05) is 39.0 Å². The summed E-state index contributed by atoms with van der Waals surface area (Å²) in [4.78, 5) is 3.37. The summed E-state index contributed by atoms with van der Waals surface area (Å²) in [6.45, 7) is 3.20. The molecule has 1 N–H and O–H groups in total. The van der Waals surface area contributed by atoms with E-state index in [1.54, 1.807) is 0 Å². The Morgan fingerprint density at radius 2 is 2.10 bits per heavy atom. The number of hydrogen-bond acceptors (Lipinski definition) is 2. The van der Waals surface area contributed by atoms with Crippen LogP contribution >= 0.6 is 12.2 Å². The summed E-state index contributed by atoms with van der Waals surface area (Å²) in [7, 11) is 2.03. The lowest BCUT2D eigenvalue weighted by Gasteiger charge is -2.09. The van der Waals surface area contributed by atoms with E-state index in [0.717, 1.165) is 46.9 Å². The molecule has 2 aromatic heterocycles. The monoisotopic (exact) mass is 306 g/mol. The van der Waals surface area contributed by atoms with Gasteiger partial charge in [0.2, 0.25) is 0 Å². The number of aromatic nitrogens is 4. The van der Waals surface area contributed by atoms with Gasteiger partial charge in [0.1, 0.15) is 5.52 Å². The summed E-state index contributed by atoms with van der Waals surface area (Å²) in [6, 6.07) is 0. The van der Waals surface area contributed by atoms with Gasteiger partial charge in [0.05, 0.1) is 5.69 Å². The maximum atomic E-state index is 5.52. The number of aromatic amines is 1. The lowest BCUT2D eigenvalue weighted by Crippen LogP contribution is -2.05. The second kappa shape index (κ2) is 6.34. The van der Waals surface area contributed by atoms with Crippen LogP contribution in [0.2, 0.25) is 0 Å². The topological polar surface area (TPSA) is 38.5 Å². The Hall–Kier alpha value is -1.10. The van der Waals surface area contributed by atoms with Gasteiger partial charge in [0.15, 0.2) is 10.4 Å². The number of nitrogens with one attached hydrogen (secondary N) is 1.